The van der Waals surface area contributed by atoms with E-state index in [9.17, 15) is 14.9 Å². The minimum atomic E-state index is -0.964. The van der Waals surface area contributed by atoms with E-state index in [2.05, 4.69) is 33.0 Å². The van der Waals surface area contributed by atoms with Crippen LogP contribution in [-0.4, -0.2) is 76.9 Å². The standard InChI is InChI=1S/C29H37N5O5S/c1-18-14-34-15-20(11-24(34)19(2)31-18)26-8-7-23(40-26)12-21(13-30)32-27(35)25-16-33(28(36)39-29(3,4)5)10-9-22(37-6)17-38-25/h7-8,11,14-15,21-22,25H,9-10,12,16-17H2,1-6H3,(H,32,35)/t21-,22+,25-/m0/s1. The lowest BCUT2D eigenvalue weighted by atomic mass is 10.1. The molecule has 3 atom stereocenters. The van der Waals surface area contributed by atoms with E-state index in [1.54, 1.807) is 39.2 Å². The molecule has 0 saturated carbocycles. The number of methoxy groups -OCH3 is 1. The molecular formula is C29H37N5O5S. The summed E-state index contributed by atoms with van der Waals surface area (Å²) in [4.78, 5) is 34.1. The molecule has 1 aliphatic heterocycles. The summed E-state index contributed by atoms with van der Waals surface area (Å²) < 4.78 is 18.9. The fraction of sp³-hybridized carbons (Fsp3) is 0.517. The quantitative estimate of drug-likeness (QED) is 0.473. The summed E-state index contributed by atoms with van der Waals surface area (Å²) in [5, 5.41) is 12.7. The van der Waals surface area contributed by atoms with E-state index in [0.29, 0.717) is 19.4 Å². The van der Waals surface area contributed by atoms with Crippen LogP contribution >= 0.6 is 11.3 Å². The Morgan fingerprint density at radius 2 is 2.08 bits per heavy atom. The van der Waals surface area contributed by atoms with Crippen molar-refractivity contribution in [1.82, 2.24) is 19.6 Å². The summed E-state index contributed by atoms with van der Waals surface area (Å²) in [6.45, 7) is 9.94. The van der Waals surface area contributed by atoms with Crippen molar-refractivity contribution < 1.29 is 23.8 Å². The zero-order chi connectivity index (χ0) is 29.0. The minimum absolute atomic E-state index is 0.0223. The first-order valence-electron chi connectivity index (χ1n) is 13.3. The Morgan fingerprint density at radius 3 is 2.77 bits per heavy atom. The van der Waals surface area contributed by atoms with Gasteiger partial charge in [0.25, 0.3) is 5.91 Å². The lowest BCUT2D eigenvalue weighted by molar-refractivity contribution is -0.139. The Morgan fingerprint density at radius 1 is 1.30 bits per heavy atom. The van der Waals surface area contributed by atoms with Crippen LogP contribution in [0.15, 0.2) is 30.6 Å². The van der Waals surface area contributed by atoms with Gasteiger partial charge in [0.15, 0.2) is 6.10 Å². The highest BCUT2D eigenvalue weighted by Gasteiger charge is 2.32. The number of thiophene rings is 1. The number of carbonyl (C=O) groups excluding carboxylic acids is 2. The highest BCUT2D eigenvalue weighted by Crippen LogP contribution is 2.31. The normalized spacial score (nSPS) is 19.0. The molecule has 3 aromatic heterocycles. The molecular weight excluding hydrogens is 530 g/mol. The molecule has 1 saturated heterocycles. The number of hydrogen-bond donors (Lipinski definition) is 1. The molecule has 1 N–H and O–H groups in total. The highest BCUT2D eigenvalue weighted by molar-refractivity contribution is 7.15. The van der Waals surface area contributed by atoms with E-state index in [4.69, 9.17) is 14.2 Å². The molecule has 0 spiro atoms. The predicted octanol–water partition coefficient (Wildman–Crippen LogP) is 4.27. The number of carbonyl (C=O) groups is 2. The average Bonchev–Trinajstić information content (AvgIpc) is 3.50. The van der Waals surface area contributed by atoms with Gasteiger partial charge < -0.3 is 28.8 Å². The zero-order valence-corrected chi connectivity index (χ0v) is 24.7. The van der Waals surface area contributed by atoms with Gasteiger partial charge in [-0.15, -0.1) is 11.3 Å². The Bertz CT molecular complexity index is 1400. The van der Waals surface area contributed by atoms with Crippen molar-refractivity contribution in [2.24, 2.45) is 0 Å². The Labute approximate surface area is 238 Å². The van der Waals surface area contributed by atoms with Gasteiger partial charge in [0, 0.05) is 47.8 Å². The second-order valence-electron chi connectivity index (χ2n) is 11.0. The molecule has 0 bridgehead atoms. The van der Waals surface area contributed by atoms with Crippen molar-refractivity contribution in [3.63, 3.8) is 0 Å². The topological polar surface area (TPSA) is 118 Å². The van der Waals surface area contributed by atoms with Gasteiger partial charge in [0.2, 0.25) is 0 Å². The first kappa shape index (κ1) is 29.5. The lowest BCUT2D eigenvalue weighted by Gasteiger charge is -2.33. The zero-order valence-electron chi connectivity index (χ0n) is 23.9. The summed E-state index contributed by atoms with van der Waals surface area (Å²) in [5.41, 5.74) is 3.36. The second-order valence-corrected chi connectivity index (χ2v) is 12.2. The molecule has 4 heterocycles. The molecule has 4 rings (SSSR count). The number of nitriles is 1. The monoisotopic (exact) mass is 567 g/mol. The molecule has 0 aliphatic carbocycles. The summed E-state index contributed by atoms with van der Waals surface area (Å²) in [7, 11) is 1.57. The molecule has 0 radical (unpaired) electrons. The van der Waals surface area contributed by atoms with Gasteiger partial charge in [0.1, 0.15) is 11.6 Å². The van der Waals surface area contributed by atoms with Gasteiger partial charge in [0.05, 0.1) is 42.2 Å². The summed E-state index contributed by atoms with van der Waals surface area (Å²) in [6, 6.07) is 7.55. The molecule has 1 aliphatic rings. The van der Waals surface area contributed by atoms with Gasteiger partial charge in [-0.05, 0) is 59.2 Å². The maximum atomic E-state index is 13.2. The summed E-state index contributed by atoms with van der Waals surface area (Å²) in [6.07, 6.45) is 3.22. The van der Waals surface area contributed by atoms with E-state index in [1.807, 2.05) is 32.2 Å². The number of amides is 2. The number of aromatic nitrogens is 2. The van der Waals surface area contributed by atoms with E-state index >= 15 is 0 Å². The molecule has 214 valence electrons. The highest BCUT2D eigenvalue weighted by atomic mass is 32.1. The van der Waals surface area contributed by atoms with E-state index in [0.717, 1.165) is 32.2 Å². The summed E-state index contributed by atoms with van der Waals surface area (Å²) in [5.74, 6) is -0.453. The number of hydrogen-bond acceptors (Lipinski definition) is 8. The van der Waals surface area contributed by atoms with E-state index in [1.165, 1.54) is 4.90 Å². The van der Waals surface area contributed by atoms with Crippen LogP contribution in [0, 0.1) is 25.2 Å². The van der Waals surface area contributed by atoms with Gasteiger partial charge >= 0.3 is 6.09 Å². The number of fused-ring (bicyclic) bond motifs is 1. The van der Waals surface area contributed by atoms with Gasteiger partial charge in [-0.2, -0.15) is 5.26 Å². The van der Waals surface area contributed by atoms with Crippen molar-refractivity contribution in [3.8, 4) is 16.5 Å². The fourth-order valence-electron chi connectivity index (χ4n) is 4.59. The van der Waals surface area contributed by atoms with Crippen molar-refractivity contribution >= 4 is 28.9 Å². The lowest BCUT2D eigenvalue weighted by Crippen LogP contribution is -2.52. The van der Waals surface area contributed by atoms with Crippen molar-refractivity contribution in [3.05, 3.63) is 46.9 Å². The number of nitrogens with one attached hydrogen (secondary N) is 1. The first-order valence-corrected chi connectivity index (χ1v) is 14.1. The van der Waals surface area contributed by atoms with E-state index in [-0.39, 0.29) is 19.3 Å². The van der Waals surface area contributed by atoms with E-state index < -0.39 is 29.7 Å². The molecule has 0 unspecified atom stereocenters. The van der Waals surface area contributed by atoms with Crippen LogP contribution in [0.5, 0.6) is 0 Å². The van der Waals surface area contributed by atoms with Crippen LogP contribution in [0.2, 0.25) is 0 Å². The molecule has 10 nitrogen and oxygen atoms in total. The SMILES string of the molecule is CO[C@@H]1CCN(C(=O)OC(C)(C)C)C[C@@H](C(=O)N[C@H](C#N)Cc2ccc(-c3cc4c(C)nc(C)cn4c3)s2)OC1. The molecule has 0 aromatic carbocycles. The first-order chi connectivity index (χ1) is 19.0. The van der Waals surface area contributed by atoms with Crippen LogP contribution in [0.1, 0.15) is 43.5 Å². The largest absolute Gasteiger partial charge is 0.444 e. The van der Waals surface area contributed by atoms with Gasteiger partial charge in [-0.25, -0.2) is 4.79 Å². The maximum absolute atomic E-state index is 13.2. The van der Waals surface area contributed by atoms with Crippen LogP contribution in [-0.2, 0) is 25.4 Å². The minimum Gasteiger partial charge on any atom is -0.444 e. The molecule has 1 fully saturated rings. The molecule has 3 aromatic rings. The van der Waals surface area contributed by atoms with Crippen LogP contribution in [0.3, 0.4) is 0 Å². The third-order valence-corrected chi connectivity index (χ3v) is 7.74. The van der Waals surface area contributed by atoms with Gasteiger partial charge in [-0.1, -0.05) is 0 Å². The van der Waals surface area contributed by atoms with Crippen molar-refractivity contribution in [2.75, 3.05) is 26.8 Å². The third kappa shape index (κ3) is 7.38. The van der Waals surface area contributed by atoms with Crippen LogP contribution < -0.4 is 5.32 Å². The number of ether oxygens (including phenoxy) is 3. The maximum Gasteiger partial charge on any atom is 0.410 e. The molecule has 2 amide bonds. The Hall–Kier alpha value is -3.46. The van der Waals surface area contributed by atoms with Crippen LogP contribution in [0.4, 0.5) is 4.79 Å². The van der Waals surface area contributed by atoms with Crippen molar-refractivity contribution in [1.29, 1.82) is 5.26 Å². The fourth-order valence-corrected chi connectivity index (χ4v) is 5.62. The molecule has 11 heteroatoms. The Kier molecular flexibility index (Phi) is 9.13. The second kappa shape index (κ2) is 12.4. The third-order valence-electron chi connectivity index (χ3n) is 6.58. The average molecular weight is 568 g/mol. The molecule has 40 heavy (non-hydrogen) atoms. The number of aryl methyl sites for hydroxylation is 2. The number of nitrogens with zero attached hydrogens (tertiary/aromatic N) is 4. The number of rotatable bonds is 6. The predicted molar refractivity (Wildman–Crippen MR) is 152 cm³/mol. The Balaban J connectivity index is 1.43. The summed E-state index contributed by atoms with van der Waals surface area (Å²) >= 11 is 1.58. The van der Waals surface area contributed by atoms with Crippen LogP contribution in [0.25, 0.3) is 16.0 Å². The van der Waals surface area contributed by atoms with Crippen molar-refractivity contribution in [2.45, 2.75) is 71.3 Å². The smallest absolute Gasteiger partial charge is 0.410 e. The van der Waals surface area contributed by atoms with Gasteiger partial charge in [-0.3, -0.25) is 9.78 Å².